The van der Waals surface area contributed by atoms with Crippen LogP contribution in [0.5, 0.6) is 0 Å². The molecular weight excluding hydrogens is 424 g/mol. The lowest BCUT2D eigenvalue weighted by Gasteiger charge is -2.37. The van der Waals surface area contributed by atoms with Gasteiger partial charge in [-0.15, -0.1) is 0 Å². The molecule has 0 unspecified atom stereocenters. The summed E-state index contributed by atoms with van der Waals surface area (Å²) < 4.78 is 28.4. The first kappa shape index (κ1) is 22.8. The number of amides is 1. The number of benzene rings is 2. The lowest BCUT2D eigenvalue weighted by atomic mass is 9.86. The summed E-state index contributed by atoms with van der Waals surface area (Å²) in [6, 6.07) is 9.04. The van der Waals surface area contributed by atoms with Crippen LogP contribution in [0.25, 0.3) is 5.57 Å². The first-order valence-electron chi connectivity index (χ1n) is 11.1. The number of rotatable bonds is 4. The summed E-state index contributed by atoms with van der Waals surface area (Å²) in [5.74, 6) is 0.134. The summed E-state index contributed by atoms with van der Waals surface area (Å²) in [6.07, 6.45) is 1.36. The standard InChI is InChI=1S/C25H29F2N5O/c1-14-7-8-32(21-6-4-5-20-24(21)30-15(2)9-23(33)31-20)22-11-19(25(26)27)18(10-17(14)22)16(12-28)13-29-3/h4-6,10-15,25,30H,7-9,28H2,1-3H3,(H,31,33)/t14-,15+/m0/s1. The zero-order valence-electron chi connectivity index (χ0n) is 19.0. The number of nitrogens with one attached hydrogen (secondary N) is 2. The van der Waals surface area contributed by atoms with E-state index in [1.807, 2.05) is 31.2 Å². The van der Waals surface area contributed by atoms with E-state index in [4.69, 9.17) is 5.73 Å². The lowest BCUT2D eigenvalue weighted by Crippen LogP contribution is -2.28. The Hall–Kier alpha value is -3.42. The third-order valence-electron chi connectivity index (χ3n) is 6.29. The van der Waals surface area contributed by atoms with E-state index in [2.05, 4.69) is 27.4 Å². The maximum Gasteiger partial charge on any atom is 0.264 e. The van der Waals surface area contributed by atoms with Crippen LogP contribution >= 0.6 is 0 Å². The summed E-state index contributed by atoms with van der Waals surface area (Å²) in [7, 11) is 1.59. The molecule has 0 bridgehead atoms. The molecule has 0 saturated heterocycles. The molecule has 2 aromatic rings. The van der Waals surface area contributed by atoms with Crippen molar-refractivity contribution in [3.05, 3.63) is 53.2 Å². The van der Waals surface area contributed by atoms with Gasteiger partial charge in [-0.05, 0) is 54.7 Å². The molecule has 8 heteroatoms. The molecule has 174 valence electrons. The maximum absolute atomic E-state index is 14.2. The van der Waals surface area contributed by atoms with E-state index in [0.29, 0.717) is 29.8 Å². The lowest BCUT2D eigenvalue weighted by molar-refractivity contribution is -0.116. The highest BCUT2D eigenvalue weighted by molar-refractivity contribution is 6.10. The largest absolute Gasteiger partial charge is 0.404 e. The van der Waals surface area contributed by atoms with Crippen molar-refractivity contribution >= 4 is 40.4 Å². The number of hydrogen-bond acceptors (Lipinski definition) is 5. The number of carbonyl (C=O) groups excluding carboxylic acids is 1. The van der Waals surface area contributed by atoms with Gasteiger partial charge in [0.1, 0.15) is 0 Å². The molecule has 0 aliphatic carbocycles. The van der Waals surface area contributed by atoms with Crippen LogP contribution in [-0.2, 0) is 4.79 Å². The van der Waals surface area contributed by atoms with Crippen molar-refractivity contribution < 1.29 is 13.6 Å². The Labute approximate surface area is 192 Å². The van der Waals surface area contributed by atoms with Crippen molar-refractivity contribution in [1.82, 2.24) is 0 Å². The van der Waals surface area contributed by atoms with E-state index in [1.54, 1.807) is 13.1 Å². The highest BCUT2D eigenvalue weighted by Crippen LogP contribution is 2.47. The minimum atomic E-state index is -2.67. The third-order valence-corrected chi connectivity index (χ3v) is 6.29. The van der Waals surface area contributed by atoms with Crippen LogP contribution in [0.1, 0.15) is 55.7 Å². The van der Waals surface area contributed by atoms with Crippen molar-refractivity contribution in [3.63, 3.8) is 0 Å². The monoisotopic (exact) mass is 453 g/mol. The van der Waals surface area contributed by atoms with E-state index in [1.165, 1.54) is 12.4 Å². The van der Waals surface area contributed by atoms with Gasteiger partial charge in [-0.25, -0.2) is 8.78 Å². The Balaban J connectivity index is 1.90. The number of nitrogens with zero attached hydrogens (tertiary/aromatic N) is 2. The first-order valence-corrected chi connectivity index (χ1v) is 11.1. The number of fused-ring (bicyclic) bond motifs is 2. The van der Waals surface area contributed by atoms with Crippen molar-refractivity contribution in [3.8, 4) is 0 Å². The van der Waals surface area contributed by atoms with Gasteiger partial charge >= 0.3 is 0 Å². The van der Waals surface area contributed by atoms with Crippen LogP contribution < -0.4 is 21.3 Å². The van der Waals surface area contributed by atoms with E-state index in [9.17, 15) is 13.6 Å². The predicted molar refractivity (Wildman–Crippen MR) is 131 cm³/mol. The summed E-state index contributed by atoms with van der Waals surface area (Å²) in [5, 5.41) is 6.39. The SMILES string of the molecule is CN=CC(=CN)c1cc2c(cc1C(F)F)N(c1cccc3c1N[C@H](C)CC(=O)N3)CC[C@@H]2C. The molecule has 2 aliphatic heterocycles. The second-order valence-electron chi connectivity index (χ2n) is 8.65. The molecule has 1 amide bonds. The number of nitrogens with two attached hydrogens (primary N) is 1. The van der Waals surface area contributed by atoms with Gasteiger partial charge in [-0.3, -0.25) is 9.79 Å². The fraction of sp³-hybridized carbons (Fsp3) is 0.360. The number of hydrogen-bond donors (Lipinski definition) is 3. The van der Waals surface area contributed by atoms with Gasteiger partial charge in [0.05, 0.1) is 17.1 Å². The van der Waals surface area contributed by atoms with E-state index in [0.717, 1.165) is 29.0 Å². The number of aliphatic imine (C=N–C) groups is 1. The minimum Gasteiger partial charge on any atom is -0.404 e. The Morgan fingerprint density at radius 2 is 2.06 bits per heavy atom. The van der Waals surface area contributed by atoms with Gasteiger partial charge in [-0.2, -0.15) is 0 Å². The van der Waals surface area contributed by atoms with Crippen LogP contribution in [0.3, 0.4) is 0 Å². The average molecular weight is 454 g/mol. The zero-order chi connectivity index (χ0) is 23.7. The van der Waals surface area contributed by atoms with Crippen LogP contribution in [0.15, 0.2) is 41.5 Å². The molecule has 4 N–H and O–H groups in total. The molecular formula is C25H29F2N5O. The number of carbonyl (C=O) groups is 1. The van der Waals surface area contributed by atoms with E-state index < -0.39 is 6.43 Å². The minimum absolute atomic E-state index is 0.0538. The first-order chi connectivity index (χ1) is 15.8. The van der Waals surface area contributed by atoms with Crippen LogP contribution in [0.2, 0.25) is 0 Å². The topological polar surface area (TPSA) is 82.8 Å². The number of halogens is 2. The maximum atomic E-state index is 14.2. The predicted octanol–water partition coefficient (Wildman–Crippen LogP) is 5.41. The fourth-order valence-corrected chi connectivity index (χ4v) is 4.67. The average Bonchev–Trinajstić information content (AvgIpc) is 2.93. The molecule has 0 fully saturated rings. The summed E-state index contributed by atoms with van der Waals surface area (Å²) in [6.45, 7) is 4.73. The summed E-state index contributed by atoms with van der Waals surface area (Å²) in [5.41, 5.74) is 10.6. The van der Waals surface area contributed by atoms with E-state index in [-0.39, 0.29) is 23.4 Å². The third kappa shape index (κ3) is 4.29. The van der Waals surface area contributed by atoms with Crippen LogP contribution in [0, 0.1) is 0 Å². The van der Waals surface area contributed by atoms with Crippen LogP contribution in [0.4, 0.5) is 31.5 Å². The number of para-hydroxylation sites is 1. The highest BCUT2D eigenvalue weighted by atomic mass is 19.3. The molecule has 2 heterocycles. The van der Waals surface area contributed by atoms with Gasteiger partial charge in [0.25, 0.3) is 6.43 Å². The van der Waals surface area contributed by atoms with Crippen molar-refractivity contribution in [2.24, 2.45) is 10.7 Å². The fourth-order valence-electron chi connectivity index (χ4n) is 4.67. The number of allylic oxidation sites excluding steroid dienone is 1. The summed E-state index contributed by atoms with van der Waals surface area (Å²) in [4.78, 5) is 18.3. The smallest absolute Gasteiger partial charge is 0.264 e. The van der Waals surface area contributed by atoms with E-state index >= 15 is 0 Å². The quantitative estimate of drug-likeness (QED) is 0.541. The Morgan fingerprint density at radius 3 is 2.76 bits per heavy atom. The number of alkyl halides is 2. The van der Waals surface area contributed by atoms with Crippen LogP contribution in [-0.4, -0.2) is 31.8 Å². The Bertz CT molecular complexity index is 1130. The molecule has 2 atom stereocenters. The zero-order valence-corrected chi connectivity index (χ0v) is 19.0. The molecule has 0 radical (unpaired) electrons. The Kier molecular flexibility index (Phi) is 6.35. The molecule has 2 aromatic carbocycles. The van der Waals surface area contributed by atoms with Crippen molar-refractivity contribution in [2.45, 2.75) is 45.1 Å². The Morgan fingerprint density at radius 1 is 1.27 bits per heavy atom. The van der Waals surface area contributed by atoms with Gasteiger partial charge in [-0.1, -0.05) is 13.0 Å². The van der Waals surface area contributed by atoms with Gasteiger partial charge in [0.2, 0.25) is 5.91 Å². The van der Waals surface area contributed by atoms with Crippen molar-refractivity contribution in [2.75, 3.05) is 29.1 Å². The number of anilines is 4. The normalized spacial score (nSPS) is 20.8. The molecule has 0 spiro atoms. The van der Waals surface area contributed by atoms with Crippen molar-refractivity contribution in [1.29, 1.82) is 0 Å². The molecule has 33 heavy (non-hydrogen) atoms. The van der Waals surface area contributed by atoms with Gasteiger partial charge in [0.15, 0.2) is 0 Å². The van der Waals surface area contributed by atoms with Gasteiger partial charge in [0, 0.05) is 55.3 Å². The second kappa shape index (κ2) is 9.21. The summed E-state index contributed by atoms with van der Waals surface area (Å²) >= 11 is 0. The molecule has 0 aromatic heterocycles. The highest BCUT2D eigenvalue weighted by Gasteiger charge is 2.30. The second-order valence-corrected chi connectivity index (χ2v) is 8.65. The molecule has 4 rings (SSSR count). The van der Waals surface area contributed by atoms with Gasteiger partial charge < -0.3 is 21.3 Å². The molecule has 0 saturated carbocycles. The molecule has 2 aliphatic rings. The molecule has 6 nitrogen and oxygen atoms in total.